The lowest BCUT2D eigenvalue weighted by molar-refractivity contribution is 0.275. The highest BCUT2D eigenvalue weighted by atomic mass is 35.5. The van der Waals surface area contributed by atoms with E-state index in [0.29, 0.717) is 27.4 Å². The van der Waals surface area contributed by atoms with Crippen molar-refractivity contribution in [1.82, 2.24) is 10.6 Å². The summed E-state index contributed by atoms with van der Waals surface area (Å²) in [6, 6.07) is 3.25. The summed E-state index contributed by atoms with van der Waals surface area (Å²) in [6.07, 6.45) is 0. The van der Waals surface area contributed by atoms with E-state index in [1.165, 1.54) is 0 Å². The fourth-order valence-electron chi connectivity index (χ4n) is 1.31. The fourth-order valence-corrected chi connectivity index (χ4v) is 1.90. The van der Waals surface area contributed by atoms with E-state index >= 15 is 0 Å². The molecular formula is C9H13Cl2N4O4P. The van der Waals surface area contributed by atoms with Gasteiger partial charge in [0.2, 0.25) is 0 Å². The average Bonchev–Trinajstić information content (AvgIpc) is 2.73. The number of guanidine groups is 1. The number of nitrogens with one attached hydrogen (secondary N) is 2. The highest BCUT2D eigenvalue weighted by Crippen LogP contribution is 2.35. The third-order valence-electron chi connectivity index (χ3n) is 1.97. The van der Waals surface area contributed by atoms with Gasteiger partial charge >= 0.3 is 7.82 Å². The van der Waals surface area contributed by atoms with Gasteiger partial charge in [-0.3, -0.25) is 0 Å². The minimum Gasteiger partial charge on any atom is -0.399 e. The number of aliphatic imine (C=N–C) groups is 1. The minimum absolute atomic E-state index is 0.447. The number of nitrogen functional groups attached to an aromatic ring is 1. The largest absolute Gasteiger partial charge is 0.466 e. The number of nitrogens with zero attached hydrogens (tertiary/aromatic N) is 1. The molecule has 2 rings (SSSR count). The van der Waals surface area contributed by atoms with Crippen LogP contribution >= 0.6 is 31.0 Å². The van der Waals surface area contributed by atoms with Crippen LogP contribution in [-0.4, -0.2) is 33.7 Å². The monoisotopic (exact) mass is 342 g/mol. The first kappa shape index (κ1) is 17.0. The zero-order valence-corrected chi connectivity index (χ0v) is 12.5. The molecule has 0 saturated carbocycles. The molecule has 20 heavy (non-hydrogen) atoms. The van der Waals surface area contributed by atoms with E-state index in [-0.39, 0.29) is 0 Å². The van der Waals surface area contributed by atoms with Crippen molar-refractivity contribution in [2.45, 2.75) is 0 Å². The average molecular weight is 343 g/mol. The molecular weight excluding hydrogens is 330 g/mol. The predicted octanol–water partition coefficient (Wildman–Crippen LogP) is 0.827. The molecule has 0 aliphatic carbocycles. The molecule has 1 aromatic rings. The number of nitrogens with two attached hydrogens (primary N) is 1. The number of anilines is 1. The first-order valence-electron chi connectivity index (χ1n) is 5.26. The van der Waals surface area contributed by atoms with Crippen LogP contribution in [0.2, 0.25) is 10.0 Å². The number of rotatable bonds is 1. The lowest BCUT2D eigenvalue weighted by atomic mass is 10.3. The number of hydrogen-bond donors (Lipinski definition) is 6. The van der Waals surface area contributed by atoms with Gasteiger partial charge in [-0.2, -0.15) is 0 Å². The van der Waals surface area contributed by atoms with Crippen molar-refractivity contribution < 1.29 is 19.2 Å². The molecule has 1 heterocycles. The van der Waals surface area contributed by atoms with Crippen molar-refractivity contribution in [2.75, 3.05) is 18.8 Å². The smallest absolute Gasteiger partial charge is 0.399 e. The van der Waals surface area contributed by atoms with Crippen LogP contribution < -0.4 is 16.4 Å². The molecule has 0 radical (unpaired) electrons. The lowest BCUT2D eigenvalue weighted by Crippen LogP contribution is -2.23. The zero-order valence-electron chi connectivity index (χ0n) is 10.0. The molecule has 0 aromatic heterocycles. The van der Waals surface area contributed by atoms with Crippen LogP contribution in [0.1, 0.15) is 0 Å². The van der Waals surface area contributed by atoms with Gasteiger partial charge in [-0.25, -0.2) is 9.56 Å². The van der Waals surface area contributed by atoms with Crippen molar-refractivity contribution >= 4 is 48.4 Å². The van der Waals surface area contributed by atoms with E-state index in [2.05, 4.69) is 15.6 Å². The van der Waals surface area contributed by atoms with Gasteiger partial charge in [0.15, 0.2) is 5.96 Å². The third kappa shape index (κ3) is 6.42. The van der Waals surface area contributed by atoms with Gasteiger partial charge in [-0.05, 0) is 12.1 Å². The van der Waals surface area contributed by atoms with Gasteiger partial charge in [0.25, 0.3) is 0 Å². The third-order valence-corrected chi connectivity index (χ3v) is 2.55. The minimum atomic E-state index is -4.64. The zero-order chi connectivity index (χ0) is 15.3. The van der Waals surface area contributed by atoms with Gasteiger partial charge in [0.1, 0.15) is 5.69 Å². The van der Waals surface area contributed by atoms with Crippen LogP contribution in [0.4, 0.5) is 11.4 Å². The van der Waals surface area contributed by atoms with Gasteiger partial charge in [0.05, 0.1) is 10.0 Å². The van der Waals surface area contributed by atoms with Gasteiger partial charge in [-0.15, -0.1) is 0 Å². The summed E-state index contributed by atoms with van der Waals surface area (Å²) in [6.45, 7) is 1.70. The van der Waals surface area contributed by atoms with Crippen molar-refractivity contribution in [2.24, 2.45) is 4.99 Å². The van der Waals surface area contributed by atoms with E-state index in [0.717, 1.165) is 13.1 Å². The van der Waals surface area contributed by atoms with Crippen LogP contribution in [0, 0.1) is 0 Å². The fraction of sp³-hybridized carbons (Fsp3) is 0.222. The maximum Gasteiger partial charge on any atom is 0.466 e. The second-order valence-corrected chi connectivity index (χ2v) is 5.50. The highest BCUT2D eigenvalue weighted by molar-refractivity contribution is 7.45. The first-order chi connectivity index (χ1) is 9.16. The summed E-state index contributed by atoms with van der Waals surface area (Å²) in [5.74, 6) is 0.684. The quantitative estimate of drug-likeness (QED) is 0.328. The Morgan fingerprint density at radius 1 is 1.15 bits per heavy atom. The Hall–Kier alpha value is -1.02. The molecule has 0 unspecified atom stereocenters. The van der Waals surface area contributed by atoms with Crippen molar-refractivity contribution in [1.29, 1.82) is 0 Å². The second kappa shape index (κ2) is 7.12. The molecule has 1 aromatic carbocycles. The molecule has 0 spiro atoms. The van der Waals surface area contributed by atoms with E-state index in [9.17, 15) is 0 Å². The SMILES string of the molecule is Nc1cc(Cl)c(N=C2NCCN2)c(Cl)c1.O=P(O)(O)O. The van der Waals surface area contributed by atoms with Crippen molar-refractivity contribution in [3.05, 3.63) is 22.2 Å². The number of hydrogen-bond acceptors (Lipinski definition) is 3. The Labute approximate surface area is 124 Å². The maximum atomic E-state index is 8.88. The molecule has 8 nitrogen and oxygen atoms in total. The molecule has 112 valence electrons. The van der Waals surface area contributed by atoms with Crippen LogP contribution in [0.3, 0.4) is 0 Å². The van der Waals surface area contributed by atoms with Crippen LogP contribution in [-0.2, 0) is 4.57 Å². The van der Waals surface area contributed by atoms with Gasteiger partial charge in [-0.1, -0.05) is 23.2 Å². The predicted molar refractivity (Wildman–Crippen MR) is 78.2 cm³/mol. The molecule has 7 N–H and O–H groups in total. The molecule has 0 amide bonds. The van der Waals surface area contributed by atoms with Crippen LogP contribution in [0.15, 0.2) is 17.1 Å². The Morgan fingerprint density at radius 3 is 1.95 bits per heavy atom. The molecule has 1 aliphatic rings. The number of benzene rings is 1. The summed E-state index contributed by atoms with van der Waals surface area (Å²) in [7, 11) is -4.64. The normalized spacial score (nSPS) is 13.9. The van der Waals surface area contributed by atoms with E-state index in [1.54, 1.807) is 12.1 Å². The van der Waals surface area contributed by atoms with Crippen molar-refractivity contribution in [3.8, 4) is 0 Å². The number of phosphoric acid groups is 1. The summed E-state index contributed by atoms with van der Waals surface area (Å²) >= 11 is 12.0. The van der Waals surface area contributed by atoms with Gasteiger partial charge < -0.3 is 31.0 Å². The highest BCUT2D eigenvalue weighted by Gasteiger charge is 2.10. The molecule has 0 atom stereocenters. The van der Waals surface area contributed by atoms with Crippen LogP contribution in [0.25, 0.3) is 0 Å². The molecule has 1 fully saturated rings. The van der Waals surface area contributed by atoms with E-state index in [1.807, 2.05) is 0 Å². The Kier molecular flexibility index (Phi) is 6.07. The van der Waals surface area contributed by atoms with E-state index < -0.39 is 7.82 Å². The number of halogens is 2. The first-order valence-corrected chi connectivity index (χ1v) is 7.58. The van der Waals surface area contributed by atoms with Gasteiger partial charge in [0, 0.05) is 18.8 Å². The molecule has 1 aliphatic heterocycles. The second-order valence-electron chi connectivity index (χ2n) is 3.66. The van der Waals surface area contributed by atoms with Crippen LogP contribution in [0.5, 0.6) is 0 Å². The Bertz CT molecular complexity index is 524. The standard InChI is InChI=1S/C9H10Cl2N4.H3O4P/c10-6-3-5(12)4-7(11)8(6)15-9-13-1-2-14-9;1-5(2,3)4/h3-4H,1-2,12H2,(H2,13,14,15);(H3,1,2,3,4). The summed E-state index contributed by atoms with van der Waals surface area (Å²) in [5, 5.41) is 7.02. The maximum absolute atomic E-state index is 8.88. The van der Waals surface area contributed by atoms with Crippen molar-refractivity contribution in [3.63, 3.8) is 0 Å². The molecule has 0 bridgehead atoms. The Morgan fingerprint density at radius 2 is 1.55 bits per heavy atom. The topological polar surface area (TPSA) is 140 Å². The summed E-state index contributed by atoms with van der Waals surface area (Å²) < 4.78 is 8.88. The molecule has 1 saturated heterocycles. The summed E-state index contributed by atoms with van der Waals surface area (Å²) in [4.78, 5) is 25.8. The Balaban J connectivity index is 0.000000347. The van der Waals surface area contributed by atoms with E-state index in [4.69, 9.17) is 48.2 Å². The molecule has 11 heteroatoms. The summed E-state index contributed by atoms with van der Waals surface area (Å²) in [5.41, 5.74) is 6.65. The lowest BCUT2D eigenvalue weighted by Gasteiger charge is -2.05.